The molecule has 18 heavy (non-hydrogen) atoms. The third-order valence-corrected chi connectivity index (χ3v) is 4.24. The number of piperidine rings is 1. The first-order valence-electron chi connectivity index (χ1n) is 6.47. The van der Waals surface area contributed by atoms with Crippen LogP contribution in [0.2, 0.25) is 0 Å². The van der Waals surface area contributed by atoms with Crippen LogP contribution < -0.4 is 5.73 Å². The van der Waals surface area contributed by atoms with Gasteiger partial charge in [0.1, 0.15) is 5.76 Å². The van der Waals surface area contributed by atoms with Gasteiger partial charge in [0.2, 0.25) is 0 Å². The van der Waals surface area contributed by atoms with E-state index in [0.717, 1.165) is 23.5 Å². The Balaban J connectivity index is 1.98. The van der Waals surface area contributed by atoms with Gasteiger partial charge < -0.3 is 15.1 Å². The highest BCUT2D eigenvalue weighted by Crippen LogP contribution is 2.27. The molecule has 1 unspecified atom stereocenters. The summed E-state index contributed by atoms with van der Waals surface area (Å²) in [6.45, 7) is 2.78. The molecule has 2 rings (SSSR count). The van der Waals surface area contributed by atoms with Crippen LogP contribution in [0.1, 0.15) is 24.6 Å². The van der Waals surface area contributed by atoms with E-state index in [2.05, 4.69) is 39.8 Å². The van der Waals surface area contributed by atoms with E-state index in [1.54, 1.807) is 0 Å². The minimum atomic E-state index is 0.208. The van der Waals surface area contributed by atoms with E-state index in [1.165, 1.54) is 12.8 Å². The lowest BCUT2D eigenvalue weighted by Crippen LogP contribution is -2.44. The van der Waals surface area contributed by atoms with Crippen molar-refractivity contribution < 1.29 is 4.42 Å². The number of nitrogens with zero attached hydrogens (tertiary/aromatic N) is 2. The second kappa shape index (κ2) is 6.19. The molecule has 4 nitrogen and oxygen atoms in total. The summed E-state index contributed by atoms with van der Waals surface area (Å²) >= 11 is 3.35. The maximum atomic E-state index is 5.91. The van der Waals surface area contributed by atoms with Gasteiger partial charge in [-0.2, -0.15) is 0 Å². The highest BCUT2D eigenvalue weighted by molar-refractivity contribution is 9.10. The van der Waals surface area contributed by atoms with Crippen LogP contribution in [-0.4, -0.2) is 49.6 Å². The number of halogens is 1. The Hall–Kier alpha value is -0.360. The molecule has 1 aliphatic rings. The van der Waals surface area contributed by atoms with E-state index in [-0.39, 0.29) is 6.04 Å². The topological polar surface area (TPSA) is 45.6 Å². The Bertz CT molecular complexity index is 372. The average molecular weight is 316 g/mol. The van der Waals surface area contributed by atoms with Gasteiger partial charge in [-0.1, -0.05) is 0 Å². The lowest BCUT2D eigenvalue weighted by molar-refractivity contribution is 0.101. The maximum absolute atomic E-state index is 5.91. The number of hydrogen-bond acceptors (Lipinski definition) is 4. The molecule has 1 saturated heterocycles. The summed E-state index contributed by atoms with van der Waals surface area (Å²) in [6, 6.07) is 4.85. The molecule has 0 amide bonds. The van der Waals surface area contributed by atoms with E-state index in [0.29, 0.717) is 12.6 Å². The van der Waals surface area contributed by atoms with Gasteiger partial charge >= 0.3 is 0 Å². The third kappa shape index (κ3) is 3.15. The molecule has 2 N–H and O–H groups in total. The SMILES string of the molecule is CN(C)C1CCN(C(CN)c2ccc(Br)o2)CC1. The zero-order chi connectivity index (χ0) is 13.1. The zero-order valence-electron chi connectivity index (χ0n) is 11.1. The van der Waals surface area contributed by atoms with E-state index < -0.39 is 0 Å². The summed E-state index contributed by atoms with van der Waals surface area (Å²) in [6.07, 6.45) is 2.40. The van der Waals surface area contributed by atoms with E-state index in [1.807, 2.05) is 12.1 Å². The van der Waals surface area contributed by atoms with Gasteiger partial charge in [-0.25, -0.2) is 0 Å². The minimum Gasteiger partial charge on any atom is -0.453 e. The molecule has 1 atom stereocenters. The number of hydrogen-bond donors (Lipinski definition) is 1. The Labute approximate surface area is 117 Å². The highest BCUT2D eigenvalue weighted by Gasteiger charge is 2.27. The van der Waals surface area contributed by atoms with Crippen molar-refractivity contribution in [2.24, 2.45) is 5.73 Å². The van der Waals surface area contributed by atoms with Crippen molar-refractivity contribution in [3.05, 3.63) is 22.6 Å². The molecule has 5 heteroatoms. The van der Waals surface area contributed by atoms with Crippen LogP contribution in [0.3, 0.4) is 0 Å². The van der Waals surface area contributed by atoms with Crippen molar-refractivity contribution >= 4 is 15.9 Å². The van der Waals surface area contributed by atoms with E-state index in [4.69, 9.17) is 10.2 Å². The molecule has 1 fully saturated rings. The van der Waals surface area contributed by atoms with Gasteiger partial charge in [-0.3, -0.25) is 4.90 Å². The quantitative estimate of drug-likeness (QED) is 0.924. The predicted molar refractivity (Wildman–Crippen MR) is 76.5 cm³/mol. The molecule has 1 aromatic rings. The van der Waals surface area contributed by atoms with Gasteiger partial charge in [0.05, 0.1) is 6.04 Å². The van der Waals surface area contributed by atoms with Crippen molar-refractivity contribution in [2.45, 2.75) is 24.9 Å². The summed E-state index contributed by atoms with van der Waals surface area (Å²) in [5.74, 6) is 0.965. The monoisotopic (exact) mass is 315 g/mol. The minimum absolute atomic E-state index is 0.208. The van der Waals surface area contributed by atoms with Crippen LogP contribution in [0.15, 0.2) is 21.2 Å². The first-order chi connectivity index (χ1) is 8.61. The number of rotatable bonds is 4. The second-order valence-electron chi connectivity index (χ2n) is 5.12. The van der Waals surface area contributed by atoms with Crippen molar-refractivity contribution in [3.8, 4) is 0 Å². The standard InChI is InChI=1S/C13H22BrN3O/c1-16(2)10-5-7-17(8-6-10)11(9-15)12-3-4-13(14)18-12/h3-4,10-11H,5-9,15H2,1-2H3. The second-order valence-corrected chi connectivity index (χ2v) is 5.91. The summed E-state index contributed by atoms with van der Waals surface area (Å²) in [5, 5.41) is 0. The largest absolute Gasteiger partial charge is 0.453 e. The highest BCUT2D eigenvalue weighted by atomic mass is 79.9. The van der Waals surface area contributed by atoms with Crippen LogP contribution in [0, 0.1) is 0 Å². The van der Waals surface area contributed by atoms with Gasteiger partial charge in [0, 0.05) is 25.7 Å². The van der Waals surface area contributed by atoms with Crippen LogP contribution in [0.25, 0.3) is 0 Å². The summed E-state index contributed by atoms with van der Waals surface area (Å²) in [4.78, 5) is 4.75. The summed E-state index contributed by atoms with van der Waals surface area (Å²) < 4.78 is 6.43. The molecule has 0 radical (unpaired) electrons. The molecule has 102 valence electrons. The zero-order valence-corrected chi connectivity index (χ0v) is 12.7. The molecular weight excluding hydrogens is 294 g/mol. The lowest BCUT2D eigenvalue weighted by atomic mass is 10.0. The third-order valence-electron chi connectivity index (χ3n) is 3.82. The van der Waals surface area contributed by atoms with E-state index in [9.17, 15) is 0 Å². The molecular formula is C13H22BrN3O. The Kier molecular flexibility index (Phi) is 4.84. The number of furan rings is 1. The predicted octanol–water partition coefficient (Wildman–Crippen LogP) is 2.07. The smallest absolute Gasteiger partial charge is 0.169 e. The molecule has 0 aromatic carbocycles. The van der Waals surface area contributed by atoms with Gasteiger partial charge in [0.25, 0.3) is 0 Å². The van der Waals surface area contributed by atoms with Crippen molar-refractivity contribution in [3.63, 3.8) is 0 Å². The van der Waals surface area contributed by atoms with E-state index >= 15 is 0 Å². The van der Waals surface area contributed by atoms with Crippen LogP contribution in [0.4, 0.5) is 0 Å². The van der Waals surface area contributed by atoms with Crippen molar-refractivity contribution in [2.75, 3.05) is 33.7 Å². The first-order valence-corrected chi connectivity index (χ1v) is 7.27. The van der Waals surface area contributed by atoms with Gasteiger partial charge in [-0.15, -0.1) is 0 Å². The van der Waals surface area contributed by atoms with Gasteiger partial charge in [-0.05, 0) is 55.0 Å². The Morgan fingerprint density at radius 3 is 2.56 bits per heavy atom. The molecule has 1 aliphatic heterocycles. The first kappa shape index (κ1) is 14.1. The maximum Gasteiger partial charge on any atom is 0.169 e. The number of nitrogens with two attached hydrogens (primary N) is 1. The average Bonchev–Trinajstić information content (AvgIpc) is 2.77. The molecule has 0 bridgehead atoms. The fourth-order valence-electron chi connectivity index (χ4n) is 2.67. The Morgan fingerprint density at radius 1 is 1.44 bits per heavy atom. The fourth-order valence-corrected chi connectivity index (χ4v) is 2.99. The van der Waals surface area contributed by atoms with Crippen molar-refractivity contribution in [1.82, 2.24) is 9.80 Å². The Morgan fingerprint density at radius 2 is 2.11 bits per heavy atom. The van der Waals surface area contributed by atoms with Crippen LogP contribution >= 0.6 is 15.9 Å². The molecule has 2 heterocycles. The summed E-state index contributed by atoms with van der Waals surface area (Å²) in [7, 11) is 4.31. The normalized spacial score (nSPS) is 20.5. The van der Waals surface area contributed by atoms with Crippen LogP contribution in [-0.2, 0) is 0 Å². The fraction of sp³-hybridized carbons (Fsp3) is 0.692. The van der Waals surface area contributed by atoms with Gasteiger partial charge in [0.15, 0.2) is 4.67 Å². The molecule has 1 aromatic heterocycles. The molecule has 0 saturated carbocycles. The lowest BCUT2D eigenvalue weighted by Gasteiger charge is -2.38. The van der Waals surface area contributed by atoms with Crippen molar-refractivity contribution in [1.29, 1.82) is 0 Å². The number of likely N-dealkylation sites (tertiary alicyclic amines) is 1. The molecule has 0 aliphatic carbocycles. The summed E-state index contributed by atoms with van der Waals surface area (Å²) in [5.41, 5.74) is 5.91. The molecule has 0 spiro atoms. The van der Waals surface area contributed by atoms with Crippen LogP contribution in [0.5, 0.6) is 0 Å².